The minimum atomic E-state index is -0.194. The zero-order valence-corrected chi connectivity index (χ0v) is 18.4. The standard InChI is InChI=1S/C24H29N5O2/c1-4-29-17(3)19(16-25-29)23(30)27-13-10-24(11-14-27)22-7-6-12-28(22)21-9-8-18(31-5-2)15-20(21)26-24/h6-9,12,15-16,26H,4-5,10-11,13-14H2,1-3H3. The lowest BCUT2D eigenvalue weighted by Gasteiger charge is -2.46. The largest absolute Gasteiger partial charge is 0.494 e. The van der Waals surface area contributed by atoms with Crippen LogP contribution in [-0.4, -0.2) is 44.9 Å². The van der Waals surface area contributed by atoms with Crippen LogP contribution in [0.1, 0.15) is 48.4 Å². The quantitative estimate of drug-likeness (QED) is 0.695. The highest BCUT2D eigenvalue weighted by atomic mass is 16.5. The number of benzene rings is 1. The first-order valence-corrected chi connectivity index (χ1v) is 11.1. The van der Waals surface area contributed by atoms with Crippen LogP contribution in [0.3, 0.4) is 0 Å². The summed E-state index contributed by atoms with van der Waals surface area (Å²) in [6.07, 6.45) is 5.53. The van der Waals surface area contributed by atoms with Crippen molar-refractivity contribution in [2.24, 2.45) is 0 Å². The molecule has 5 rings (SSSR count). The lowest BCUT2D eigenvalue weighted by Crippen LogP contribution is -2.51. The summed E-state index contributed by atoms with van der Waals surface area (Å²) in [7, 11) is 0. The number of anilines is 1. The van der Waals surface area contributed by atoms with Gasteiger partial charge in [0.25, 0.3) is 5.91 Å². The number of hydrogen-bond acceptors (Lipinski definition) is 4. The van der Waals surface area contributed by atoms with Crippen LogP contribution in [0.15, 0.2) is 42.7 Å². The summed E-state index contributed by atoms with van der Waals surface area (Å²) >= 11 is 0. The van der Waals surface area contributed by atoms with Gasteiger partial charge in [-0.1, -0.05) is 0 Å². The first kappa shape index (κ1) is 19.7. The Bertz CT molecular complexity index is 1120. The fourth-order valence-electron chi connectivity index (χ4n) is 5.00. The molecule has 2 aliphatic rings. The summed E-state index contributed by atoms with van der Waals surface area (Å²) in [5, 5.41) is 8.17. The number of carbonyl (C=O) groups is 1. The SMILES string of the molecule is CCOc1ccc2c(c1)NC1(CCN(C(=O)c3cnn(CC)c3C)CC1)c1cccn1-2. The van der Waals surface area contributed by atoms with Crippen molar-refractivity contribution in [3.05, 3.63) is 59.7 Å². The van der Waals surface area contributed by atoms with Crippen LogP contribution in [0.2, 0.25) is 0 Å². The van der Waals surface area contributed by atoms with Crippen molar-refractivity contribution in [2.45, 2.75) is 45.7 Å². The minimum absolute atomic E-state index is 0.0808. The third-order valence-electron chi connectivity index (χ3n) is 6.69. The lowest BCUT2D eigenvalue weighted by molar-refractivity contribution is 0.0675. The molecule has 31 heavy (non-hydrogen) atoms. The van der Waals surface area contributed by atoms with Gasteiger partial charge in [0.15, 0.2) is 0 Å². The number of carbonyl (C=O) groups excluding carboxylic acids is 1. The van der Waals surface area contributed by atoms with Gasteiger partial charge >= 0.3 is 0 Å². The lowest BCUT2D eigenvalue weighted by atomic mass is 9.82. The van der Waals surface area contributed by atoms with Crippen molar-refractivity contribution in [2.75, 3.05) is 25.0 Å². The molecule has 0 bridgehead atoms. The Kier molecular flexibility index (Phi) is 4.76. The average Bonchev–Trinajstić information content (AvgIpc) is 3.41. The smallest absolute Gasteiger partial charge is 0.257 e. The van der Waals surface area contributed by atoms with E-state index >= 15 is 0 Å². The van der Waals surface area contributed by atoms with Crippen molar-refractivity contribution >= 4 is 11.6 Å². The number of piperidine rings is 1. The van der Waals surface area contributed by atoms with Crippen molar-refractivity contribution in [3.63, 3.8) is 0 Å². The fraction of sp³-hybridized carbons (Fsp3) is 0.417. The Hall–Kier alpha value is -3.22. The molecule has 7 nitrogen and oxygen atoms in total. The van der Waals surface area contributed by atoms with Crippen molar-refractivity contribution < 1.29 is 9.53 Å². The molecule has 2 aliphatic heterocycles. The van der Waals surface area contributed by atoms with Gasteiger partial charge in [-0.2, -0.15) is 5.10 Å². The van der Waals surface area contributed by atoms with E-state index < -0.39 is 0 Å². The van der Waals surface area contributed by atoms with Crippen molar-refractivity contribution in [1.82, 2.24) is 19.2 Å². The second-order valence-corrected chi connectivity index (χ2v) is 8.33. The molecule has 2 aromatic heterocycles. The summed E-state index contributed by atoms with van der Waals surface area (Å²) < 4.78 is 9.88. The number of nitrogens with zero attached hydrogens (tertiary/aromatic N) is 4. The zero-order valence-electron chi connectivity index (χ0n) is 18.4. The molecule has 1 aromatic carbocycles. The van der Waals surface area contributed by atoms with E-state index in [1.165, 1.54) is 5.69 Å². The highest BCUT2D eigenvalue weighted by molar-refractivity contribution is 5.95. The Morgan fingerprint density at radius 1 is 1.23 bits per heavy atom. The van der Waals surface area contributed by atoms with Crippen molar-refractivity contribution in [1.29, 1.82) is 0 Å². The summed E-state index contributed by atoms with van der Waals surface area (Å²) in [6.45, 7) is 8.82. The maximum absolute atomic E-state index is 13.2. The Labute approximate surface area is 182 Å². The normalized spacial score (nSPS) is 16.5. The second-order valence-electron chi connectivity index (χ2n) is 8.33. The molecule has 7 heteroatoms. The molecule has 1 saturated heterocycles. The van der Waals surface area contributed by atoms with Gasteiger partial charge in [0.2, 0.25) is 0 Å². The number of nitrogens with one attached hydrogen (secondary N) is 1. The predicted octanol–water partition coefficient (Wildman–Crippen LogP) is 3.96. The van der Waals surface area contributed by atoms with Gasteiger partial charge in [-0.3, -0.25) is 9.48 Å². The summed E-state index contributed by atoms with van der Waals surface area (Å²) in [5.74, 6) is 0.952. The fourth-order valence-corrected chi connectivity index (χ4v) is 5.00. The molecule has 1 fully saturated rings. The van der Waals surface area contributed by atoms with Gasteiger partial charge in [0.1, 0.15) is 5.75 Å². The monoisotopic (exact) mass is 419 g/mol. The molecule has 0 saturated carbocycles. The van der Waals surface area contributed by atoms with Gasteiger partial charge in [-0.15, -0.1) is 0 Å². The van der Waals surface area contributed by atoms with Crippen LogP contribution in [0.25, 0.3) is 5.69 Å². The van der Waals surface area contributed by atoms with Crippen LogP contribution in [0.4, 0.5) is 5.69 Å². The average molecular weight is 420 g/mol. The van der Waals surface area contributed by atoms with Crippen LogP contribution in [0, 0.1) is 6.92 Å². The molecule has 1 spiro atoms. The molecule has 0 aliphatic carbocycles. The molecule has 1 N–H and O–H groups in total. The first-order chi connectivity index (χ1) is 15.1. The highest BCUT2D eigenvalue weighted by Crippen LogP contribution is 2.44. The maximum Gasteiger partial charge on any atom is 0.257 e. The highest BCUT2D eigenvalue weighted by Gasteiger charge is 2.42. The number of aromatic nitrogens is 3. The topological polar surface area (TPSA) is 64.3 Å². The van der Waals surface area contributed by atoms with Gasteiger partial charge < -0.3 is 19.5 Å². The van der Waals surface area contributed by atoms with Gasteiger partial charge in [-0.05, 0) is 57.9 Å². The Morgan fingerprint density at radius 3 is 2.74 bits per heavy atom. The molecule has 0 atom stereocenters. The maximum atomic E-state index is 13.2. The minimum Gasteiger partial charge on any atom is -0.494 e. The Balaban J connectivity index is 1.40. The number of hydrogen-bond donors (Lipinski definition) is 1. The Morgan fingerprint density at radius 2 is 2.03 bits per heavy atom. The first-order valence-electron chi connectivity index (χ1n) is 11.1. The molecule has 162 valence electrons. The van der Waals surface area contributed by atoms with E-state index in [2.05, 4.69) is 45.4 Å². The van der Waals surface area contributed by atoms with E-state index in [1.807, 2.05) is 36.4 Å². The molecular weight excluding hydrogens is 390 g/mol. The number of aryl methyl sites for hydroxylation is 1. The number of ether oxygens (including phenoxy) is 1. The van der Waals surface area contributed by atoms with E-state index in [-0.39, 0.29) is 11.4 Å². The predicted molar refractivity (Wildman–Crippen MR) is 120 cm³/mol. The molecule has 0 unspecified atom stereocenters. The summed E-state index contributed by atoms with van der Waals surface area (Å²) in [6, 6.07) is 10.5. The van der Waals surface area contributed by atoms with Crippen LogP contribution >= 0.6 is 0 Å². The molecule has 0 radical (unpaired) electrons. The third kappa shape index (κ3) is 3.10. The summed E-state index contributed by atoms with van der Waals surface area (Å²) in [5.41, 5.74) is 4.93. The van der Waals surface area contributed by atoms with Gasteiger partial charge in [0.05, 0.1) is 35.3 Å². The van der Waals surface area contributed by atoms with E-state index in [4.69, 9.17) is 4.74 Å². The van der Waals surface area contributed by atoms with E-state index in [0.29, 0.717) is 25.3 Å². The van der Waals surface area contributed by atoms with E-state index in [0.717, 1.165) is 42.2 Å². The number of likely N-dealkylation sites (tertiary alicyclic amines) is 1. The molecule has 4 heterocycles. The van der Waals surface area contributed by atoms with E-state index in [1.54, 1.807) is 6.20 Å². The molecular formula is C24H29N5O2. The van der Waals surface area contributed by atoms with Crippen LogP contribution in [0.5, 0.6) is 5.75 Å². The number of fused-ring (bicyclic) bond motifs is 4. The molecule has 3 aromatic rings. The van der Waals surface area contributed by atoms with Gasteiger partial charge in [0, 0.05) is 43.3 Å². The van der Waals surface area contributed by atoms with Crippen LogP contribution < -0.4 is 10.1 Å². The van der Waals surface area contributed by atoms with Crippen LogP contribution in [-0.2, 0) is 12.1 Å². The van der Waals surface area contributed by atoms with Crippen molar-refractivity contribution in [3.8, 4) is 11.4 Å². The third-order valence-corrected chi connectivity index (χ3v) is 6.69. The number of rotatable bonds is 4. The summed E-state index contributed by atoms with van der Waals surface area (Å²) in [4.78, 5) is 15.1. The zero-order chi connectivity index (χ0) is 21.6. The molecule has 1 amide bonds. The van der Waals surface area contributed by atoms with Gasteiger partial charge in [-0.25, -0.2) is 0 Å². The number of amides is 1. The second kappa shape index (κ2) is 7.48. The van der Waals surface area contributed by atoms with E-state index in [9.17, 15) is 4.79 Å².